The molecular weight excluding hydrogens is 376 g/mol. The van der Waals surface area contributed by atoms with Gasteiger partial charge >= 0.3 is 0 Å². The van der Waals surface area contributed by atoms with Crippen molar-refractivity contribution >= 4 is 27.3 Å². The molecule has 5 rings (SSSR count). The van der Waals surface area contributed by atoms with Gasteiger partial charge in [0.1, 0.15) is 16.9 Å². The van der Waals surface area contributed by atoms with Crippen LogP contribution < -0.4 is 10.3 Å². The van der Waals surface area contributed by atoms with Crippen LogP contribution >= 0.6 is 11.3 Å². The molecule has 4 aromatic rings. The summed E-state index contributed by atoms with van der Waals surface area (Å²) in [6, 6.07) is 7.40. The molecular formula is C20H20N4O3S. The predicted molar refractivity (Wildman–Crippen MR) is 108 cm³/mol. The van der Waals surface area contributed by atoms with E-state index in [-0.39, 0.29) is 11.7 Å². The molecule has 0 bridgehead atoms. The van der Waals surface area contributed by atoms with Gasteiger partial charge in [0.25, 0.3) is 5.56 Å². The summed E-state index contributed by atoms with van der Waals surface area (Å²) in [5, 5.41) is 9.03. The third-order valence-corrected chi connectivity index (χ3v) is 6.55. The Morgan fingerprint density at radius 1 is 1.29 bits per heavy atom. The molecule has 1 aliphatic heterocycles. The lowest BCUT2D eigenvalue weighted by Crippen LogP contribution is -2.28. The van der Waals surface area contributed by atoms with E-state index in [0.29, 0.717) is 18.3 Å². The Morgan fingerprint density at radius 2 is 2.07 bits per heavy atom. The van der Waals surface area contributed by atoms with Crippen molar-refractivity contribution in [1.82, 2.24) is 19.2 Å². The average molecular weight is 396 g/mol. The topological polar surface area (TPSA) is 70.7 Å². The lowest BCUT2D eigenvalue weighted by molar-refractivity contribution is 0.00200. The SMILES string of the molecule is COc1ccc(-n2c(=O)c3c4c(sc3n3cnnc23)CO[C@@H](C(C)C)C4)cc1. The molecule has 0 radical (unpaired) electrons. The number of ether oxygens (including phenoxy) is 2. The highest BCUT2D eigenvalue weighted by atomic mass is 32.1. The molecule has 0 N–H and O–H groups in total. The van der Waals surface area contributed by atoms with E-state index in [9.17, 15) is 4.79 Å². The number of aromatic nitrogens is 4. The van der Waals surface area contributed by atoms with E-state index in [1.807, 2.05) is 28.7 Å². The first-order valence-corrected chi connectivity index (χ1v) is 10.0. The first kappa shape index (κ1) is 17.4. The number of fused-ring (bicyclic) bond motifs is 5. The van der Waals surface area contributed by atoms with Gasteiger partial charge in [-0.25, -0.2) is 4.57 Å². The first-order chi connectivity index (χ1) is 13.6. The Balaban J connectivity index is 1.81. The molecule has 4 heterocycles. The molecule has 0 spiro atoms. The highest BCUT2D eigenvalue weighted by Gasteiger charge is 2.29. The second kappa shape index (κ2) is 6.42. The Morgan fingerprint density at radius 3 is 2.79 bits per heavy atom. The normalized spacial score (nSPS) is 16.8. The van der Waals surface area contributed by atoms with Gasteiger partial charge in [-0.15, -0.1) is 21.5 Å². The van der Waals surface area contributed by atoms with Crippen molar-refractivity contribution in [3.05, 3.63) is 51.4 Å². The molecule has 144 valence electrons. The van der Waals surface area contributed by atoms with Gasteiger partial charge in [0.05, 0.1) is 30.9 Å². The quantitative estimate of drug-likeness (QED) is 0.532. The summed E-state index contributed by atoms with van der Waals surface area (Å²) < 4.78 is 14.8. The van der Waals surface area contributed by atoms with E-state index in [1.54, 1.807) is 29.3 Å². The smallest absolute Gasteiger partial charge is 0.268 e. The van der Waals surface area contributed by atoms with E-state index in [1.165, 1.54) is 0 Å². The van der Waals surface area contributed by atoms with Crippen LogP contribution in [-0.2, 0) is 17.8 Å². The molecule has 0 saturated carbocycles. The molecule has 28 heavy (non-hydrogen) atoms. The fraction of sp³-hybridized carbons (Fsp3) is 0.350. The zero-order chi connectivity index (χ0) is 19.4. The van der Waals surface area contributed by atoms with Crippen LogP contribution in [0.5, 0.6) is 5.75 Å². The molecule has 3 aromatic heterocycles. The van der Waals surface area contributed by atoms with E-state index in [2.05, 4.69) is 24.0 Å². The highest BCUT2D eigenvalue weighted by Crippen LogP contribution is 2.36. The maximum Gasteiger partial charge on any atom is 0.268 e. The summed E-state index contributed by atoms with van der Waals surface area (Å²) in [6.45, 7) is 4.85. The second-order valence-electron chi connectivity index (χ2n) is 7.32. The third-order valence-electron chi connectivity index (χ3n) is 5.35. The van der Waals surface area contributed by atoms with Gasteiger partial charge in [-0.05, 0) is 35.7 Å². The Hall–Kier alpha value is -2.71. The maximum absolute atomic E-state index is 13.6. The highest BCUT2D eigenvalue weighted by molar-refractivity contribution is 7.18. The van der Waals surface area contributed by atoms with E-state index in [4.69, 9.17) is 9.47 Å². The van der Waals surface area contributed by atoms with Gasteiger partial charge < -0.3 is 9.47 Å². The van der Waals surface area contributed by atoms with Crippen LogP contribution in [0.4, 0.5) is 0 Å². The monoisotopic (exact) mass is 396 g/mol. The van der Waals surface area contributed by atoms with Crippen LogP contribution in [0, 0.1) is 5.92 Å². The Labute approximate surface area is 165 Å². The van der Waals surface area contributed by atoms with Gasteiger partial charge in [0.15, 0.2) is 0 Å². The predicted octanol–water partition coefficient (Wildman–Crippen LogP) is 3.20. The number of hydrogen-bond acceptors (Lipinski definition) is 6. The van der Waals surface area contributed by atoms with Crippen molar-refractivity contribution in [2.75, 3.05) is 7.11 Å². The Bertz CT molecular complexity index is 1240. The Kier molecular flexibility index (Phi) is 3.99. The standard InChI is InChI=1S/C20H20N4O3S/c1-11(2)15-8-14-16(9-27-15)28-19-17(14)18(25)24(20-22-21-10-23(19)20)12-4-6-13(26-3)7-5-12/h4-7,10-11,15H,8-9H2,1-3H3/t15-/m1/s1. The van der Waals surface area contributed by atoms with Crippen LogP contribution in [-0.4, -0.2) is 32.4 Å². The van der Waals surface area contributed by atoms with Crippen LogP contribution in [0.2, 0.25) is 0 Å². The van der Waals surface area contributed by atoms with Gasteiger partial charge in [-0.1, -0.05) is 13.8 Å². The lowest BCUT2D eigenvalue weighted by atomic mass is 9.96. The van der Waals surface area contributed by atoms with Gasteiger partial charge in [0, 0.05) is 11.3 Å². The fourth-order valence-corrected chi connectivity index (χ4v) is 4.99. The van der Waals surface area contributed by atoms with E-state index >= 15 is 0 Å². The molecule has 0 amide bonds. The largest absolute Gasteiger partial charge is 0.497 e. The first-order valence-electron chi connectivity index (χ1n) is 9.23. The second-order valence-corrected chi connectivity index (χ2v) is 8.40. The summed E-state index contributed by atoms with van der Waals surface area (Å²) >= 11 is 1.60. The van der Waals surface area contributed by atoms with Gasteiger partial charge in [-0.3, -0.25) is 9.20 Å². The summed E-state index contributed by atoms with van der Waals surface area (Å²) in [5.74, 6) is 1.63. The van der Waals surface area contributed by atoms with Crippen molar-refractivity contribution in [2.24, 2.45) is 5.92 Å². The molecule has 1 atom stereocenters. The fourth-order valence-electron chi connectivity index (χ4n) is 3.78. The molecule has 1 aliphatic rings. The minimum absolute atomic E-state index is 0.0671. The number of benzene rings is 1. The molecule has 0 fully saturated rings. The number of methoxy groups -OCH3 is 1. The van der Waals surface area contributed by atoms with Crippen molar-refractivity contribution in [3.8, 4) is 11.4 Å². The van der Waals surface area contributed by atoms with Crippen LogP contribution in [0.15, 0.2) is 35.4 Å². The number of rotatable bonds is 3. The van der Waals surface area contributed by atoms with Crippen molar-refractivity contribution in [2.45, 2.75) is 33.0 Å². The average Bonchev–Trinajstić information content (AvgIpc) is 3.32. The molecule has 1 aromatic carbocycles. The molecule has 0 aliphatic carbocycles. The molecule has 0 unspecified atom stereocenters. The van der Waals surface area contributed by atoms with Crippen LogP contribution in [0.3, 0.4) is 0 Å². The minimum Gasteiger partial charge on any atom is -0.497 e. The van der Waals surface area contributed by atoms with E-state index < -0.39 is 0 Å². The van der Waals surface area contributed by atoms with Crippen LogP contribution in [0.25, 0.3) is 21.7 Å². The van der Waals surface area contributed by atoms with E-state index in [0.717, 1.165) is 38.5 Å². The van der Waals surface area contributed by atoms with Gasteiger partial charge in [0.2, 0.25) is 5.78 Å². The number of nitrogens with zero attached hydrogens (tertiary/aromatic N) is 4. The van der Waals surface area contributed by atoms with Crippen LogP contribution in [0.1, 0.15) is 24.3 Å². The summed E-state index contributed by atoms with van der Waals surface area (Å²) in [5.41, 5.74) is 1.77. The zero-order valence-electron chi connectivity index (χ0n) is 15.9. The zero-order valence-corrected chi connectivity index (χ0v) is 16.7. The summed E-state index contributed by atoms with van der Waals surface area (Å²) in [4.78, 5) is 15.6. The summed E-state index contributed by atoms with van der Waals surface area (Å²) in [6.07, 6.45) is 2.54. The number of thiophene rings is 1. The number of hydrogen-bond donors (Lipinski definition) is 0. The summed E-state index contributed by atoms with van der Waals surface area (Å²) in [7, 11) is 1.62. The van der Waals surface area contributed by atoms with Gasteiger partial charge in [-0.2, -0.15) is 0 Å². The lowest BCUT2D eigenvalue weighted by Gasteiger charge is -2.26. The van der Waals surface area contributed by atoms with Crippen molar-refractivity contribution in [1.29, 1.82) is 0 Å². The molecule has 0 saturated heterocycles. The third kappa shape index (κ3) is 2.48. The van der Waals surface area contributed by atoms with Crippen molar-refractivity contribution < 1.29 is 9.47 Å². The van der Waals surface area contributed by atoms with Crippen molar-refractivity contribution in [3.63, 3.8) is 0 Å². The molecule has 8 heteroatoms. The minimum atomic E-state index is -0.0671. The maximum atomic E-state index is 13.6. The molecule has 7 nitrogen and oxygen atoms in total.